The topological polar surface area (TPSA) is 55.4 Å². The molecule has 1 amide bonds. The lowest BCUT2D eigenvalue weighted by molar-refractivity contribution is -0.121. The molecule has 0 unspecified atom stereocenters. The van der Waals surface area contributed by atoms with Crippen LogP contribution in [-0.4, -0.2) is 24.0 Å². The van der Waals surface area contributed by atoms with Crippen molar-refractivity contribution in [3.8, 4) is 0 Å². The van der Waals surface area contributed by atoms with Crippen LogP contribution >= 0.6 is 0 Å². The van der Waals surface area contributed by atoms with Gasteiger partial charge in [-0.1, -0.05) is 34.1 Å². The lowest BCUT2D eigenvalue weighted by Crippen LogP contribution is -2.36. The molecule has 0 aliphatic heterocycles. The summed E-state index contributed by atoms with van der Waals surface area (Å²) >= 11 is 0. The molecule has 0 atom stereocenters. The molecule has 17 heavy (non-hydrogen) atoms. The molecule has 0 aromatic heterocycles. The standard InChI is InChI=1S/C10H19NO3.C3H8/c1-7(2)8(12)6-11-9(13)14-10(3,4)5;1-3-2/h7H,6H2,1-5H3,(H,11,13);3H2,1-2H3. The minimum absolute atomic E-state index is 0.00383. The summed E-state index contributed by atoms with van der Waals surface area (Å²) in [7, 11) is 0. The van der Waals surface area contributed by atoms with E-state index in [-0.39, 0.29) is 18.2 Å². The number of ketones is 1. The van der Waals surface area contributed by atoms with Crippen molar-refractivity contribution in [1.29, 1.82) is 0 Å². The highest BCUT2D eigenvalue weighted by Crippen LogP contribution is 2.06. The zero-order valence-electron chi connectivity index (χ0n) is 12.2. The Kier molecular flexibility index (Phi) is 9.72. The number of hydrogen-bond acceptors (Lipinski definition) is 3. The molecule has 0 saturated carbocycles. The van der Waals surface area contributed by atoms with Crippen LogP contribution in [0.3, 0.4) is 0 Å². The van der Waals surface area contributed by atoms with Gasteiger partial charge in [-0.3, -0.25) is 4.79 Å². The van der Waals surface area contributed by atoms with Gasteiger partial charge in [0.2, 0.25) is 0 Å². The first kappa shape index (κ1) is 18.3. The van der Waals surface area contributed by atoms with Crippen LogP contribution < -0.4 is 5.32 Å². The van der Waals surface area contributed by atoms with Crippen LogP contribution in [0, 0.1) is 5.92 Å². The molecule has 0 heterocycles. The van der Waals surface area contributed by atoms with Gasteiger partial charge in [-0.15, -0.1) is 0 Å². The second-order valence-corrected chi connectivity index (χ2v) is 5.18. The molecule has 0 fully saturated rings. The average Bonchev–Trinajstić information content (AvgIpc) is 2.12. The predicted molar refractivity (Wildman–Crippen MR) is 70.0 cm³/mol. The van der Waals surface area contributed by atoms with Gasteiger partial charge < -0.3 is 10.1 Å². The van der Waals surface area contributed by atoms with E-state index in [4.69, 9.17) is 4.74 Å². The highest BCUT2D eigenvalue weighted by molar-refractivity contribution is 5.85. The molecule has 102 valence electrons. The summed E-state index contributed by atoms with van der Waals surface area (Å²) < 4.78 is 4.97. The Hall–Kier alpha value is -1.06. The van der Waals surface area contributed by atoms with E-state index in [0.717, 1.165) is 0 Å². The summed E-state index contributed by atoms with van der Waals surface area (Å²) in [4.78, 5) is 22.2. The van der Waals surface area contributed by atoms with E-state index < -0.39 is 11.7 Å². The van der Waals surface area contributed by atoms with Crippen LogP contribution in [0.25, 0.3) is 0 Å². The summed E-state index contributed by atoms with van der Waals surface area (Å²) in [5.41, 5.74) is -0.523. The number of Topliss-reactive ketones (excluding diaryl/α,β-unsaturated/α-hetero) is 1. The van der Waals surface area contributed by atoms with E-state index in [1.54, 1.807) is 34.6 Å². The van der Waals surface area contributed by atoms with Crippen molar-refractivity contribution in [3.63, 3.8) is 0 Å². The first-order valence-corrected chi connectivity index (χ1v) is 6.13. The molecule has 0 saturated heterocycles. The third kappa shape index (κ3) is 14.9. The van der Waals surface area contributed by atoms with E-state index in [1.165, 1.54) is 6.42 Å². The van der Waals surface area contributed by atoms with Gasteiger partial charge in [0.25, 0.3) is 0 Å². The first-order chi connectivity index (χ1) is 7.64. The van der Waals surface area contributed by atoms with Crippen LogP contribution in [0.1, 0.15) is 54.9 Å². The van der Waals surface area contributed by atoms with Gasteiger partial charge >= 0.3 is 6.09 Å². The van der Waals surface area contributed by atoms with Crippen molar-refractivity contribution in [2.75, 3.05) is 6.54 Å². The van der Waals surface area contributed by atoms with Gasteiger partial charge in [-0.2, -0.15) is 0 Å². The van der Waals surface area contributed by atoms with Crippen molar-refractivity contribution >= 4 is 11.9 Å². The van der Waals surface area contributed by atoms with E-state index >= 15 is 0 Å². The molecule has 0 bridgehead atoms. The first-order valence-electron chi connectivity index (χ1n) is 6.13. The highest BCUT2D eigenvalue weighted by atomic mass is 16.6. The fourth-order valence-electron chi connectivity index (χ4n) is 0.678. The highest BCUT2D eigenvalue weighted by Gasteiger charge is 2.17. The lowest BCUT2D eigenvalue weighted by Gasteiger charge is -2.19. The molecular formula is C13H27NO3. The van der Waals surface area contributed by atoms with Gasteiger partial charge in [-0.25, -0.2) is 4.79 Å². The molecule has 0 aliphatic carbocycles. The largest absolute Gasteiger partial charge is 0.444 e. The Morgan fingerprint density at radius 2 is 1.59 bits per heavy atom. The fourth-order valence-corrected chi connectivity index (χ4v) is 0.678. The summed E-state index contributed by atoms with van der Waals surface area (Å²) in [6.07, 6.45) is 0.700. The Bertz CT molecular complexity index is 229. The normalized spacial score (nSPS) is 10.4. The second-order valence-electron chi connectivity index (χ2n) is 5.18. The van der Waals surface area contributed by atoms with Gasteiger partial charge in [0.05, 0.1) is 6.54 Å². The van der Waals surface area contributed by atoms with Crippen molar-refractivity contribution in [1.82, 2.24) is 5.32 Å². The number of carbonyl (C=O) groups is 2. The van der Waals surface area contributed by atoms with Crippen molar-refractivity contribution < 1.29 is 14.3 Å². The molecule has 4 nitrogen and oxygen atoms in total. The molecule has 0 aromatic rings. The number of rotatable bonds is 3. The minimum atomic E-state index is -0.550. The van der Waals surface area contributed by atoms with Crippen molar-refractivity contribution in [2.45, 2.75) is 60.5 Å². The third-order valence-corrected chi connectivity index (χ3v) is 1.45. The number of amides is 1. The van der Waals surface area contributed by atoms with Gasteiger partial charge in [-0.05, 0) is 20.8 Å². The van der Waals surface area contributed by atoms with Crippen LogP contribution in [0.2, 0.25) is 0 Å². The number of carbonyl (C=O) groups excluding carboxylic acids is 2. The Morgan fingerprint density at radius 1 is 1.18 bits per heavy atom. The van der Waals surface area contributed by atoms with Gasteiger partial charge in [0, 0.05) is 5.92 Å². The van der Waals surface area contributed by atoms with Crippen LogP contribution in [0.15, 0.2) is 0 Å². The number of alkyl carbamates (subject to hydrolysis) is 1. The molecule has 0 aliphatic rings. The summed E-state index contributed by atoms with van der Waals surface area (Å²) in [6, 6.07) is 0. The number of hydrogen-bond donors (Lipinski definition) is 1. The van der Waals surface area contributed by atoms with Crippen LogP contribution in [-0.2, 0) is 9.53 Å². The number of ether oxygens (including phenoxy) is 1. The molecule has 4 heteroatoms. The summed E-state index contributed by atoms with van der Waals surface area (Å²) in [5.74, 6) is -0.0687. The Labute approximate surface area is 105 Å². The molecule has 1 N–H and O–H groups in total. The monoisotopic (exact) mass is 245 g/mol. The third-order valence-electron chi connectivity index (χ3n) is 1.45. The fraction of sp³-hybridized carbons (Fsp3) is 0.846. The zero-order valence-corrected chi connectivity index (χ0v) is 12.2. The van der Waals surface area contributed by atoms with E-state index in [0.29, 0.717) is 0 Å². The average molecular weight is 245 g/mol. The quantitative estimate of drug-likeness (QED) is 0.831. The zero-order chi connectivity index (χ0) is 14.1. The maximum absolute atomic E-state index is 11.1. The van der Waals surface area contributed by atoms with Gasteiger partial charge in [0.15, 0.2) is 5.78 Å². The van der Waals surface area contributed by atoms with Crippen molar-refractivity contribution in [3.05, 3.63) is 0 Å². The SMILES string of the molecule is CC(C)C(=O)CNC(=O)OC(C)(C)C.CCC. The van der Waals surface area contributed by atoms with Crippen molar-refractivity contribution in [2.24, 2.45) is 5.92 Å². The molecule has 0 rings (SSSR count). The van der Waals surface area contributed by atoms with E-state index in [2.05, 4.69) is 19.2 Å². The van der Waals surface area contributed by atoms with Crippen LogP contribution in [0.4, 0.5) is 4.79 Å². The molecule has 0 aromatic carbocycles. The summed E-state index contributed by atoms with van der Waals surface area (Å²) in [5, 5.41) is 2.41. The molecule has 0 radical (unpaired) electrons. The lowest BCUT2D eigenvalue weighted by atomic mass is 10.1. The smallest absolute Gasteiger partial charge is 0.408 e. The van der Waals surface area contributed by atoms with Crippen LogP contribution in [0.5, 0.6) is 0 Å². The maximum atomic E-state index is 11.1. The summed E-state index contributed by atoms with van der Waals surface area (Å²) in [6.45, 7) is 13.2. The minimum Gasteiger partial charge on any atom is -0.444 e. The molecular weight excluding hydrogens is 218 g/mol. The Balaban J connectivity index is 0. The Morgan fingerprint density at radius 3 is 1.88 bits per heavy atom. The van der Waals surface area contributed by atoms with E-state index in [9.17, 15) is 9.59 Å². The predicted octanol–water partition coefficient (Wildman–Crippen LogP) is 3.15. The molecule has 0 spiro atoms. The van der Waals surface area contributed by atoms with E-state index in [1.807, 2.05) is 0 Å². The van der Waals surface area contributed by atoms with Gasteiger partial charge in [0.1, 0.15) is 5.60 Å². The maximum Gasteiger partial charge on any atom is 0.408 e. The number of nitrogens with one attached hydrogen (secondary N) is 1. The second kappa shape index (κ2) is 9.02.